The van der Waals surface area contributed by atoms with Crippen molar-refractivity contribution in [1.29, 1.82) is 0 Å². The van der Waals surface area contributed by atoms with Crippen LogP contribution in [0.4, 0.5) is 13.2 Å². The summed E-state index contributed by atoms with van der Waals surface area (Å²) in [4.78, 5) is 32.2. The summed E-state index contributed by atoms with van der Waals surface area (Å²) in [6.07, 6.45) is -2.59. The molecular formula is C27H26ClF3N4O4. The maximum atomic E-state index is 13.3. The van der Waals surface area contributed by atoms with Crippen molar-refractivity contribution in [2.24, 2.45) is 5.73 Å². The molecule has 1 aromatic heterocycles. The van der Waals surface area contributed by atoms with E-state index in [9.17, 15) is 22.8 Å². The van der Waals surface area contributed by atoms with E-state index < -0.39 is 23.7 Å². The van der Waals surface area contributed by atoms with Crippen LogP contribution in [0.3, 0.4) is 0 Å². The molecule has 1 aliphatic heterocycles. The zero-order valence-electron chi connectivity index (χ0n) is 20.7. The van der Waals surface area contributed by atoms with Gasteiger partial charge in [-0.15, -0.1) is 0 Å². The van der Waals surface area contributed by atoms with E-state index in [-0.39, 0.29) is 47.4 Å². The SMILES string of the molecule is NC1CCN(C(=O)C(COCc2ccccc2)NC(=O)c2cccnc2Oc2ccc(C(F)(F)F)cc2Cl)C1. The highest BCUT2D eigenvalue weighted by molar-refractivity contribution is 6.32. The van der Waals surface area contributed by atoms with Gasteiger partial charge in [-0.25, -0.2) is 4.98 Å². The number of halogens is 4. The van der Waals surface area contributed by atoms with E-state index in [1.807, 2.05) is 30.3 Å². The summed E-state index contributed by atoms with van der Waals surface area (Å²) in [5, 5.41) is 2.37. The molecule has 0 aliphatic carbocycles. The lowest BCUT2D eigenvalue weighted by atomic mass is 10.2. The highest BCUT2D eigenvalue weighted by Gasteiger charge is 2.33. The Morgan fingerprint density at radius 1 is 1.15 bits per heavy atom. The maximum absolute atomic E-state index is 13.3. The fraction of sp³-hybridized carbons (Fsp3) is 0.296. The van der Waals surface area contributed by atoms with Gasteiger partial charge in [0.05, 0.1) is 23.8 Å². The number of amides is 2. The maximum Gasteiger partial charge on any atom is 0.416 e. The summed E-state index contributed by atoms with van der Waals surface area (Å²) in [6.45, 7) is 0.941. The van der Waals surface area contributed by atoms with Crippen molar-refractivity contribution in [1.82, 2.24) is 15.2 Å². The van der Waals surface area contributed by atoms with Crippen molar-refractivity contribution in [3.05, 3.63) is 88.6 Å². The van der Waals surface area contributed by atoms with Gasteiger partial charge in [-0.3, -0.25) is 9.59 Å². The van der Waals surface area contributed by atoms with Crippen LogP contribution in [0.15, 0.2) is 66.9 Å². The van der Waals surface area contributed by atoms with Gasteiger partial charge in [0.25, 0.3) is 5.91 Å². The molecule has 2 aromatic carbocycles. The van der Waals surface area contributed by atoms with Crippen LogP contribution in [0.2, 0.25) is 5.02 Å². The highest BCUT2D eigenvalue weighted by atomic mass is 35.5. The molecule has 1 saturated heterocycles. The third-order valence-corrected chi connectivity index (χ3v) is 6.31. The summed E-state index contributed by atoms with van der Waals surface area (Å²) in [7, 11) is 0. The number of nitrogens with two attached hydrogens (primary N) is 1. The Labute approximate surface area is 227 Å². The molecule has 206 valence electrons. The molecule has 0 radical (unpaired) electrons. The van der Waals surface area contributed by atoms with E-state index in [1.165, 1.54) is 18.3 Å². The number of aromatic nitrogens is 1. The first kappa shape index (κ1) is 28.3. The van der Waals surface area contributed by atoms with Crippen LogP contribution in [-0.2, 0) is 22.3 Å². The summed E-state index contributed by atoms with van der Waals surface area (Å²) in [5.41, 5.74) is 5.86. The van der Waals surface area contributed by atoms with Crippen molar-refractivity contribution < 1.29 is 32.2 Å². The molecule has 2 unspecified atom stereocenters. The number of nitrogens with one attached hydrogen (secondary N) is 1. The summed E-state index contributed by atoms with van der Waals surface area (Å²) in [5.74, 6) is -1.36. The molecule has 1 fully saturated rings. The Kier molecular flexibility index (Phi) is 9.05. The Morgan fingerprint density at radius 3 is 2.59 bits per heavy atom. The van der Waals surface area contributed by atoms with Gasteiger partial charge < -0.3 is 25.4 Å². The largest absolute Gasteiger partial charge is 0.437 e. The lowest BCUT2D eigenvalue weighted by molar-refractivity contribution is -0.137. The molecule has 2 heterocycles. The minimum Gasteiger partial charge on any atom is -0.437 e. The zero-order chi connectivity index (χ0) is 28.0. The molecule has 2 amide bonds. The topological polar surface area (TPSA) is 107 Å². The quantitative estimate of drug-likeness (QED) is 0.400. The minimum atomic E-state index is -4.58. The summed E-state index contributed by atoms with van der Waals surface area (Å²) < 4.78 is 50.3. The number of rotatable bonds is 9. The second-order valence-corrected chi connectivity index (χ2v) is 9.37. The molecule has 3 N–H and O–H groups in total. The number of carbonyl (C=O) groups excluding carboxylic acids is 2. The highest BCUT2D eigenvalue weighted by Crippen LogP contribution is 2.36. The molecular weight excluding hydrogens is 537 g/mol. The number of carbonyl (C=O) groups is 2. The molecule has 12 heteroatoms. The van der Waals surface area contributed by atoms with Crippen LogP contribution >= 0.6 is 11.6 Å². The van der Waals surface area contributed by atoms with Crippen molar-refractivity contribution in [2.75, 3.05) is 19.7 Å². The first-order valence-corrected chi connectivity index (χ1v) is 12.5. The molecule has 2 atom stereocenters. The predicted molar refractivity (Wildman–Crippen MR) is 137 cm³/mol. The van der Waals surface area contributed by atoms with E-state index in [0.717, 1.165) is 23.8 Å². The van der Waals surface area contributed by atoms with Gasteiger partial charge in [0.2, 0.25) is 11.8 Å². The van der Waals surface area contributed by atoms with Gasteiger partial charge >= 0.3 is 6.18 Å². The van der Waals surface area contributed by atoms with E-state index in [2.05, 4.69) is 10.3 Å². The molecule has 3 aromatic rings. The Bertz CT molecular complexity index is 1310. The van der Waals surface area contributed by atoms with E-state index in [4.69, 9.17) is 26.8 Å². The number of hydrogen-bond donors (Lipinski definition) is 2. The van der Waals surface area contributed by atoms with Gasteiger partial charge in [-0.1, -0.05) is 41.9 Å². The fourth-order valence-corrected chi connectivity index (χ4v) is 4.22. The van der Waals surface area contributed by atoms with Gasteiger partial charge in [-0.2, -0.15) is 13.2 Å². The second kappa shape index (κ2) is 12.5. The molecule has 0 spiro atoms. The average Bonchev–Trinajstić information content (AvgIpc) is 3.35. The fourth-order valence-electron chi connectivity index (χ4n) is 4.00. The summed E-state index contributed by atoms with van der Waals surface area (Å²) in [6, 6.07) is 13.6. The third kappa shape index (κ3) is 7.47. The number of nitrogens with zero attached hydrogens (tertiary/aromatic N) is 2. The molecule has 4 rings (SSSR count). The Balaban J connectivity index is 1.50. The van der Waals surface area contributed by atoms with Crippen LogP contribution in [0.25, 0.3) is 0 Å². The van der Waals surface area contributed by atoms with E-state index in [0.29, 0.717) is 19.5 Å². The summed E-state index contributed by atoms with van der Waals surface area (Å²) >= 11 is 6.01. The van der Waals surface area contributed by atoms with Crippen molar-refractivity contribution >= 4 is 23.4 Å². The Hall–Kier alpha value is -3.67. The van der Waals surface area contributed by atoms with Gasteiger partial charge in [0.15, 0.2) is 0 Å². The van der Waals surface area contributed by atoms with E-state index in [1.54, 1.807) is 4.90 Å². The third-order valence-electron chi connectivity index (χ3n) is 6.02. The number of ether oxygens (including phenoxy) is 2. The molecule has 39 heavy (non-hydrogen) atoms. The predicted octanol–water partition coefficient (Wildman–Crippen LogP) is 4.42. The molecule has 1 aliphatic rings. The molecule has 0 saturated carbocycles. The Morgan fingerprint density at radius 2 is 1.92 bits per heavy atom. The van der Waals surface area contributed by atoms with Crippen LogP contribution < -0.4 is 15.8 Å². The lowest BCUT2D eigenvalue weighted by Gasteiger charge is -2.24. The number of alkyl halides is 3. The van der Waals surface area contributed by atoms with Gasteiger partial charge in [-0.05, 0) is 42.3 Å². The number of benzene rings is 2. The van der Waals surface area contributed by atoms with E-state index >= 15 is 0 Å². The van der Waals surface area contributed by atoms with Crippen LogP contribution in [0.5, 0.6) is 11.6 Å². The molecule has 8 nitrogen and oxygen atoms in total. The standard InChI is InChI=1S/C27H26ClF3N4O4/c28-21-13-18(27(29,30)31)8-9-23(21)39-25-20(7-4-11-33-25)24(36)34-22(26(37)35-12-10-19(32)14-35)16-38-15-17-5-2-1-3-6-17/h1-9,11,13,19,22H,10,12,14-16,32H2,(H,34,36). The minimum absolute atomic E-state index is 0.0487. The lowest BCUT2D eigenvalue weighted by Crippen LogP contribution is -2.50. The zero-order valence-corrected chi connectivity index (χ0v) is 21.4. The van der Waals surface area contributed by atoms with Gasteiger partial charge in [0.1, 0.15) is 17.4 Å². The van der Waals surface area contributed by atoms with Crippen molar-refractivity contribution in [3.63, 3.8) is 0 Å². The monoisotopic (exact) mass is 562 g/mol. The van der Waals surface area contributed by atoms with Crippen LogP contribution in [0, 0.1) is 0 Å². The van der Waals surface area contributed by atoms with Crippen molar-refractivity contribution in [2.45, 2.75) is 31.3 Å². The van der Waals surface area contributed by atoms with Crippen molar-refractivity contribution in [3.8, 4) is 11.6 Å². The van der Waals surface area contributed by atoms with Gasteiger partial charge in [0, 0.05) is 25.3 Å². The number of pyridine rings is 1. The first-order chi connectivity index (χ1) is 18.6. The smallest absolute Gasteiger partial charge is 0.416 e. The average molecular weight is 563 g/mol. The first-order valence-electron chi connectivity index (χ1n) is 12.1. The number of likely N-dealkylation sites (tertiary alicyclic amines) is 1. The van der Waals surface area contributed by atoms with Crippen LogP contribution in [0.1, 0.15) is 27.9 Å². The van der Waals surface area contributed by atoms with Crippen LogP contribution in [-0.4, -0.2) is 53.5 Å². The molecule has 0 bridgehead atoms. The second-order valence-electron chi connectivity index (χ2n) is 8.96. The number of hydrogen-bond acceptors (Lipinski definition) is 6. The normalized spacial score (nSPS) is 16.1.